The summed E-state index contributed by atoms with van der Waals surface area (Å²) in [6.07, 6.45) is 6.34. The van der Waals surface area contributed by atoms with Gasteiger partial charge in [0.1, 0.15) is 4.32 Å². The highest BCUT2D eigenvalue weighted by molar-refractivity contribution is 8.26. The van der Waals surface area contributed by atoms with Gasteiger partial charge in [-0.25, -0.2) is 0 Å². The molecule has 1 heterocycles. The predicted molar refractivity (Wildman–Crippen MR) is 101 cm³/mol. The summed E-state index contributed by atoms with van der Waals surface area (Å²) < 4.78 is 11.6. The van der Waals surface area contributed by atoms with Gasteiger partial charge in [0.25, 0.3) is 5.91 Å². The second-order valence-corrected chi connectivity index (χ2v) is 7.51. The average molecular weight is 364 g/mol. The van der Waals surface area contributed by atoms with E-state index in [2.05, 4.69) is 0 Å². The van der Waals surface area contributed by atoms with Crippen LogP contribution in [0.2, 0.25) is 0 Å². The summed E-state index contributed by atoms with van der Waals surface area (Å²) in [6.45, 7) is 2.51. The molecule has 4 nitrogen and oxygen atoms in total. The van der Waals surface area contributed by atoms with Crippen LogP contribution in [0.25, 0.3) is 6.08 Å². The van der Waals surface area contributed by atoms with Crippen molar-refractivity contribution in [1.82, 2.24) is 4.90 Å². The number of benzene rings is 1. The molecule has 128 valence electrons. The molecule has 24 heavy (non-hydrogen) atoms. The van der Waals surface area contributed by atoms with Crippen LogP contribution in [0.4, 0.5) is 0 Å². The Labute approximate surface area is 152 Å². The van der Waals surface area contributed by atoms with Gasteiger partial charge in [0.15, 0.2) is 11.5 Å². The quantitative estimate of drug-likeness (QED) is 0.578. The van der Waals surface area contributed by atoms with Crippen LogP contribution in [0.1, 0.15) is 38.2 Å². The number of methoxy groups -OCH3 is 1. The molecule has 0 radical (unpaired) electrons. The summed E-state index contributed by atoms with van der Waals surface area (Å²) in [6, 6.07) is 5.95. The number of amides is 1. The lowest BCUT2D eigenvalue weighted by Crippen LogP contribution is -2.36. The maximum Gasteiger partial charge on any atom is 0.266 e. The highest BCUT2D eigenvalue weighted by atomic mass is 32.2. The Kier molecular flexibility index (Phi) is 5.46. The first-order chi connectivity index (χ1) is 11.6. The normalized spacial score (nSPS) is 20.2. The number of ether oxygens (including phenoxy) is 2. The van der Waals surface area contributed by atoms with Crippen LogP contribution in [0.3, 0.4) is 0 Å². The van der Waals surface area contributed by atoms with Crippen molar-refractivity contribution in [3.63, 3.8) is 0 Å². The molecule has 2 fully saturated rings. The van der Waals surface area contributed by atoms with Crippen LogP contribution >= 0.6 is 24.0 Å². The molecular weight excluding hydrogens is 342 g/mol. The number of carbonyl (C=O) groups is 1. The van der Waals surface area contributed by atoms with E-state index in [0.29, 0.717) is 27.3 Å². The van der Waals surface area contributed by atoms with Crippen LogP contribution in [-0.4, -0.2) is 34.9 Å². The van der Waals surface area contributed by atoms with Crippen LogP contribution in [0.15, 0.2) is 23.1 Å². The minimum absolute atomic E-state index is 0.0322. The van der Waals surface area contributed by atoms with Crippen molar-refractivity contribution in [2.45, 2.75) is 38.6 Å². The second-order valence-electron chi connectivity index (χ2n) is 5.83. The molecule has 0 bridgehead atoms. The molecule has 1 aliphatic carbocycles. The minimum Gasteiger partial charge on any atom is -0.493 e. The van der Waals surface area contributed by atoms with E-state index in [1.165, 1.54) is 24.6 Å². The van der Waals surface area contributed by atoms with Gasteiger partial charge in [-0.15, -0.1) is 0 Å². The predicted octanol–water partition coefficient (Wildman–Crippen LogP) is 4.24. The van der Waals surface area contributed by atoms with Crippen LogP contribution in [-0.2, 0) is 4.79 Å². The third kappa shape index (κ3) is 3.44. The van der Waals surface area contributed by atoms with E-state index in [9.17, 15) is 4.79 Å². The van der Waals surface area contributed by atoms with E-state index in [1.54, 1.807) is 7.11 Å². The molecule has 0 N–H and O–H groups in total. The van der Waals surface area contributed by atoms with Gasteiger partial charge in [-0.3, -0.25) is 9.69 Å². The lowest BCUT2D eigenvalue weighted by atomic mass is 10.1. The number of rotatable bonds is 5. The minimum atomic E-state index is 0.0322. The lowest BCUT2D eigenvalue weighted by Gasteiger charge is -2.21. The summed E-state index contributed by atoms with van der Waals surface area (Å²) in [5.41, 5.74) is 0.905. The van der Waals surface area contributed by atoms with E-state index in [-0.39, 0.29) is 11.9 Å². The second kappa shape index (κ2) is 7.57. The van der Waals surface area contributed by atoms with Gasteiger partial charge in [0, 0.05) is 6.04 Å². The standard InChI is InChI=1S/C18H21NO3S2/c1-3-22-14-9-8-12(10-15(14)21-2)11-16-17(20)19(18(23)24-16)13-6-4-5-7-13/h8-11,13H,3-7H2,1-2H3/b16-11+. The fraction of sp³-hybridized carbons (Fsp3) is 0.444. The summed E-state index contributed by atoms with van der Waals surface area (Å²) in [7, 11) is 1.61. The molecule has 1 saturated heterocycles. The van der Waals surface area contributed by atoms with Gasteiger partial charge < -0.3 is 9.47 Å². The molecule has 1 aliphatic heterocycles. The Morgan fingerprint density at radius 3 is 2.75 bits per heavy atom. The van der Waals surface area contributed by atoms with Crippen molar-refractivity contribution in [1.29, 1.82) is 0 Å². The first-order valence-electron chi connectivity index (χ1n) is 8.22. The molecule has 6 heteroatoms. The number of hydrogen-bond acceptors (Lipinski definition) is 5. The fourth-order valence-electron chi connectivity index (χ4n) is 3.16. The number of carbonyl (C=O) groups excluding carboxylic acids is 1. The zero-order chi connectivity index (χ0) is 17.1. The van der Waals surface area contributed by atoms with Crippen molar-refractivity contribution >= 4 is 40.3 Å². The van der Waals surface area contributed by atoms with E-state index < -0.39 is 0 Å². The van der Waals surface area contributed by atoms with E-state index >= 15 is 0 Å². The first kappa shape index (κ1) is 17.3. The first-order valence-corrected chi connectivity index (χ1v) is 9.44. The van der Waals surface area contributed by atoms with Gasteiger partial charge in [0.2, 0.25) is 0 Å². The molecule has 1 saturated carbocycles. The van der Waals surface area contributed by atoms with Crippen molar-refractivity contribution in [3.05, 3.63) is 28.7 Å². The molecule has 3 rings (SSSR count). The van der Waals surface area contributed by atoms with E-state index in [1.807, 2.05) is 36.1 Å². The summed E-state index contributed by atoms with van der Waals surface area (Å²) in [5.74, 6) is 1.40. The maximum atomic E-state index is 12.7. The molecule has 0 spiro atoms. The van der Waals surface area contributed by atoms with Gasteiger partial charge in [-0.05, 0) is 43.5 Å². The number of thiocarbonyl (C=S) groups is 1. The third-order valence-electron chi connectivity index (χ3n) is 4.30. The molecular formula is C18H21NO3S2. The largest absolute Gasteiger partial charge is 0.493 e. The van der Waals surface area contributed by atoms with Crippen LogP contribution in [0.5, 0.6) is 11.5 Å². The SMILES string of the molecule is CCOc1ccc(/C=C2/SC(=S)N(C3CCCC3)C2=O)cc1OC. The summed E-state index contributed by atoms with van der Waals surface area (Å²) in [4.78, 5) is 15.2. The van der Waals surface area contributed by atoms with Crippen molar-refractivity contribution < 1.29 is 14.3 Å². The molecule has 0 aromatic heterocycles. The molecule has 1 amide bonds. The molecule has 1 aromatic carbocycles. The van der Waals surface area contributed by atoms with Crippen LogP contribution < -0.4 is 9.47 Å². The van der Waals surface area contributed by atoms with Crippen molar-refractivity contribution in [2.75, 3.05) is 13.7 Å². The van der Waals surface area contributed by atoms with E-state index in [0.717, 1.165) is 18.4 Å². The topological polar surface area (TPSA) is 38.8 Å². The monoisotopic (exact) mass is 363 g/mol. The van der Waals surface area contributed by atoms with Gasteiger partial charge in [-0.2, -0.15) is 0 Å². The number of nitrogens with zero attached hydrogens (tertiary/aromatic N) is 1. The zero-order valence-electron chi connectivity index (χ0n) is 13.9. The van der Waals surface area contributed by atoms with Gasteiger partial charge in [0.05, 0.1) is 18.6 Å². The number of thioether (sulfide) groups is 1. The average Bonchev–Trinajstić information content (AvgIpc) is 3.18. The smallest absolute Gasteiger partial charge is 0.266 e. The Morgan fingerprint density at radius 1 is 1.33 bits per heavy atom. The molecule has 0 unspecified atom stereocenters. The third-order valence-corrected chi connectivity index (χ3v) is 5.63. The summed E-state index contributed by atoms with van der Waals surface area (Å²) >= 11 is 6.82. The Hall–Kier alpha value is -1.53. The summed E-state index contributed by atoms with van der Waals surface area (Å²) in [5, 5.41) is 0. The van der Waals surface area contributed by atoms with Crippen molar-refractivity contribution in [3.8, 4) is 11.5 Å². The van der Waals surface area contributed by atoms with E-state index in [4.69, 9.17) is 21.7 Å². The maximum absolute atomic E-state index is 12.7. The Morgan fingerprint density at radius 2 is 2.08 bits per heavy atom. The van der Waals surface area contributed by atoms with Gasteiger partial charge >= 0.3 is 0 Å². The Bertz CT molecular complexity index is 681. The Balaban J connectivity index is 1.83. The highest BCUT2D eigenvalue weighted by Crippen LogP contribution is 2.38. The molecule has 0 atom stereocenters. The lowest BCUT2D eigenvalue weighted by molar-refractivity contribution is -0.123. The highest BCUT2D eigenvalue weighted by Gasteiger charge is 2.38. The number of hydrogen-bond donors (Lipinski definition) is 0. The zero-order valence-corrected chi connectivity index (χ0v) is 15.5. The van der Waals surface area contributed by atoms with Gasteiger partial charge in [-0.1, -0.05) is 42.9 Å². The fourth-order valence-corrected chi connectivity index (χ4v) is 4.56. The van der Waals surface area contributed by atoms with Crippen LogP contribution in [0, 0.1) is 0 Å². The molecule has 1 aromatic rings. The molecule has 2 aliphatic rings. The van der Waals surface area contributed by atoms with Crippen molar-refractivity contribution in [2.24, 2.45) is 0 Å².